The fraction of sp³-hybridized carbons (Fsp3) is 0. The maximum Gasteiger partial charge on any atom is 0.200 e. The Kier molecular flexibility index (Phi) is 2.05. The number of aldehydes is 1. The van der Waals surface area contributed by atoms with Crippen molar-refractivity contribution in [1.29, 1.82) is 0 Å². The minimum absolute atomic E-state index is 0.106. The van der Waals surface area contributed by atoms with Crippen molar-refractivity contribution in [2.45, 2.75) is 0 Å². The third kappa shape index (κ3) is 1.44. The Morgan fingerprint density at radius 2 is 1.71 bits per heavy atom. The molecule has 82 valence electrons. The quantitative estimate of drug-likeness (QED) is 0.471. The molecular weight excluding hydrogens is 216 g/mol. The van der Waals surface area contributed by atoms with Crippen LogP contribution in [0.15, 0.2) is 51.7 Å². The lowest BCUT2D eigenvalue weighted by Gasteiger charge is -2.01. The summed E-state index contributed by atoms with van der Waals surface area (Å²) in [5, 5.41) is 0.969. The molecular formula is C14H8O3. The first-order valence-electron chi connectivity index (χ1n) is 5.20. The highest BCUT2D eigenvalue weighted by Gasteiger charge is 2.07. The molecule has 0 atom stereocenters. The number of hydrogen-bond acceptors (Lipinski definition) is 3. The van der Waals surface area contributed by atoms with Crippen molar-refractivity contribution < 1.29 is 9.21 Å². The maximum atomic E-state index is 12.2. The summed E-state index contributed by atoms with van der Waals surface area (Å²) in [6.07, 6.45) is 0.716. The average molecular weight is 224 g/mol. The molecule has 0 amide bonds. The minimum atomic E-state index is -0.106. The van der Waals surface area contributed by atoms with E-state index in [1.807, 2.05) is 6.07 Å². The highest BCUT2D eigenvalue weighted by molar-refractivity contribution is 5.92. The largest absolute Gasteiger partial charge is 0.456 e. The van der Waals surface area contributed by atoms with E-state index < -0.39 is 0 Å². The number of carbonyl (C=O) groups is 1. The van der Waals surface area contributed by atoms with E-state index >= 15 is 0 Å². The van der Waals surface area contributed by atoms with Gasteiger partial charge in [-0.2, -0.15) is 0 Å². The monoisotopic (exact) mass is 224 g/mol. The standard InChI is InChI=1S/C14H8O3/c15-8-9-5-6-13-11(7-9)14(16)10-3-1-2-4-12(10)17-13/h1-8H. The van der Waals surface area contributed by atoms with E-state index in [1.54, 1.807) is 36.4 Å². The van der Waals surface area contributed by atoms with Crippen LogP contribution in [0, 0.1) is 0 Å². The Morgan fingerprint density at radius 1 is 0.941 bits per heavy atom. The molecule has 0 unspecified atom stereocenters. The minimum Gasteiger partial charge on any atom is -0.456 e. The third-order valence-electron chi connectivity index (χ3n) is 2.74. The predicted octanol–water partition coefficient (Wildman–Crippen LogP) is 2.76. The zero-order chi connectivity index (χ0) is 11.8. The summed E-state index contributed by atoms with van der Waals surface area (Å²) in [6, 6.07) is 11.9. The van der Waals surface area contributed by atoms with Crippen LogP contribution >= 0.6 is 0 Å². The van der Waals surface area contributed by atoms with Gasteiger partial charge in [0.1, 0.15) is 17.5 Å². The Morgan fingerprint density at radius 3 is 2.53 bits per heavy atom. The average Bonchev–Trinajstić information content (AvgIpc) is 2.39. The van der Waals surface area contributed by atoms with Gasteiger partial charge in [0.25, 0.3) is 0 Å². The van der Waals surface area contributed by atoms with Crippen molar-refractivity contribution in [1.82, 2.24) is 0 Å². The smallest absolute Gasteiger partial charge is 0.200 e. The summed E-state index contributed by atoms with van der Waals surface area (Å²) < 4.78 is 5.61. The molecule has 0 bridgehead atoms. The number of carbonyl (C=O) groups excluding carboxylic acids is 1. The molecule has 3 rings (SSSR count). The third-order valence-corrected chi connectivity index (χ3v) is 2.74. The van der Waals surface area contributed by atoms with Gasteiger partial charge in [0.2, 0.25) is 5.43 Å². The number of benzene rings is 2. The van der Waals surface area contributed by atoms with E-state index in [4.69, 9.17) is 4.42 Å². The first-order chi connectivity index (χ1) is 8.29. The van der Waals surface area contributed by atoms with Crippen LogP contribution in [0.4, 0.5) is 0 Å². The molecule has 0 N–H and O–H groups in total. The van der Waals surface area contributed by atoms with Gasteiger partial charge >= 0.3 is 0 Å². The maximum absolute atomic E-state index is 12.2. The molecule has 17 heavy (non-hydrogen) atoms. The Balaban J connectivity index is 2.55. The van der Waals surface area contributed by atoms with E-state index in [-0.39, 0.29) is 5.43 Å². The summed E-state index contributed by atoms with van der Waals surface area (Å²) in [5.74, 6) is 0. The van der Waals surface area contributed by atoms with Gasteiger partial charge in [-0.05, 0) is 30.3 Å². The van der Waals surface area contributed by atoms with Crippen LogP contribution in [0.1, 0.15) is 10.4 Å². The topological polar surface area (TPSA) is 47.3 Å². The highest BCUT2D eigenvalue weighted by atomic mass is 16.3. The zero-order valence-corrected chi connectivity index (χ0v) is 8.84. The normalized spacial score (nSPS) is 10.8. The van der Waals surface area contributed by atoms with E-state index in [2.05, 4.69) is 0 Å². The van der Waals surface area contributed by atoms with E-state index in [1.165, 1.54) is 0 Å². The van der Waals surface area contributed by atoms with Crippen molar-refractivity contribution in [3.63, 3.8) is 0 Å². The van der Waals surface area contributed by atoms with Gasteiger partial charge in [0.05, 0.1) is 10.8 Å². The lowest BCUT2D eigenvalue weighted by molar-refractivity contribution is 0.112. The summed E-state index contributed by atoms with van der Waals surface area (Å²) in [4.78, 5) is 22.9. The second-order valence-electron chi connectivity index (χ2n) is 3.80. The van der Waals surface area contributed by atoms with Crippen LogP contribution in [-0.2, 0) is 0 Å². The van der Waals surface area contributed by atoms with E-state index in [9.17, 15) is 9.59 Å². The summed E-state index contributed by atoms with van der Waals surface area (Å²) >= 11 is 0. The van der Waals surface area contributed by atoms with Crippen molar-refractivity contribution in [2.75, 3.05) is 0 Å². The van der Waals surface area contributed by atoms with Gasteiger partial charge < -0.3 is 4.42 Å². The number of rotatable bonds is 1. The van der Waals surface area contributed by atoms with Crippen LogP contribution in [0.5, 0.6) is 0 Å². The zero-order valence-electron chi connectivity index (χ0n) is 8.84. The van der Waals surface area contributed by atoms with Gasteiger partial charge in [-0.25, -0.2) is 0 Å². The summed E-state index contributed by atoms with van der Waals surface area (Å²) in [5.41, 5.74) is 1.42. The number of hydrogen-bond donors (Lipinski definition) is 0. The molecule has 0 aliphatic carbocycles. The van der Waals surface area contributed by atoms with Gasteiger partial charge in [0, 0.05) is 5.56 Å². The molecule has 0 spiro atoms. The first kappa shape index (κ1) is 9.78. The van der Waals surface area contributed by atoms with Crippen LogP contribution in [-0.4, -0.2) is 6.29 Å². The molecule has 0 fully saturated rings. The lowest BCUT2D eigenvalue weighted by atomic mass is 10.1. The van der Waals surface area contributed by atoms with Crippen LogP contribution in [0.2, 0.25) is 0 Å². The van der Waals surface area contributed by atoms with Crippen LogP contribution in [0.3, 0.4) is 0 Å². The van der Waals surface area contributed by atoms with Crippen LogP contribution < -0.4 is 5.43 Å². The predicted molar refractivity (Wildman–Crippen MR) is 65.4 cm³/mol. The Hall–Kier alpha value is -2.42. The van der Waals surface area contributed by atoms with Gasteiger partial charge in [-0.15, -0.1) is 0 Å². The van der Waals surface area contributed by atoms with Crippen LogP contribution in [0.25, 0.3) is 21.9 Å². The molecule has 0 radical (unpaired) electrons. The van der Waals surface area contributed by atoms with Crippen molar-refractivity contribution in [3.05, 3.63) is 58.3 Å². The van der Waals surface area contributed by atoms with Gasteiger partial charge in [0.15, 0.2) is 0 Å². The molecule has 0 saturated heterocycles. The molecule has 0 aliphatic heterocycles. The first-order valence-corrected chi connectivity index (χ1v) is 5.20. The second-order valence-corrected chi connectivity index (χ2v) is 3.80. The van der Waals surface area contributed by atoms with Crippen molar-refractivity contribution in [3.8, 4) is 0 Å². The Labute approximate surface area is 96.3 Å². The molecule has 0 aliphatic rings. The Bertz CT molecular complexity index is 784. The molecule has 3 nitrogen and oxygen atoms in total. The fourth-order valence-corrected chi connectivity index (χ4v) is 1.89. The van der Waals surface area contributed by atoms with E-state index in [0.29, 0.717) is 33.8 Å². The molecule has 3 heteroatoms. The lowest BCUT2D eigenvalue weighted by Crippen LogP contribution is -2.02. The second kappa shape index (κ2) is 3.56. The molecule has 0 saturated carbocycles. The van der Waals surface area contributed by atoms with Crippen molar-refractivity contribution in [2.24, 2.45) is 0 Å². The van der Waals surface area contributed by atoms with E-state index in [0.717, 1.165) is 0 Å². The SMILES string of the molecule is O=Cc1ccc2oc3ccccc3c(=O)c2c1. The van der Waals surface area contributed by atoms with Gasteiger partial charge in [-0.3, -0.25) is 9.59 Å². The fourth-order valence-electron chi connectivity index (χ4n) is 1.89. The highest BCUT2D eigenvalue weighted by Crippen LogP contribution is 2.18. The molecule has 1 heterocycles. The molecule has 3 aromatic rings. The van der Waals surface area contributed by atoms with Crippen molar-refractivity contribution >= 4 is 28.2 Å². The van der Waals surface area contributed by atoms with Gasteiger partial charge in [-0.1, -0.05) is 12.1 Å². The molecule has 1 aromatic heterocycles. The number of fused-ring (bicyclic) bond motifs is 2. The summed E-state index contributed by atoms with van der Waals surface area (Å²) in [6.45, 7) is 0. The number of para-hydroxylation sites is 1. The molecule has 2 aromatic carbocycles. The summed E-state index contributed by atoms with van der Waals surface area (Å²) in [7, 11) is 0.